The van der Waals surface area contributed by atoms with Gasteiger partial charge in [-0.2, -0.15) is 0 Å². The summed E-state index contributed by atoms with van der Waals surface area (Å²) >= 11 is 5.85. The van der Waals surface area contributed by atoms with Gasteiger partial charge in [-0.05, 0) is 37.5 Å². The fourth-order valence-electron chi connectivity index (χ4n) is 2.72. The average Bonchev–Trinajstić information content (AvgIpc) is 2.53. The van der Waals surface area contributed by atoms with Gasteiger partial charge in [0.25, 0.3) is 0 Å². The van der Waals surface area contributed by atoms with Gasteiger partial charge < -0.3 is 9.84 Å². The monoisotopic (exact) mass is 254 g/mol. The van der Waals surface area contributed by atoms with Crippen molar-refractivity contribution < 1.29 is 9.84 Å². The van der Waals surface area contributed by atoms with Crippen molar-refractivity contribution in [2.45, 2.75) is 39.1 Å². The molecule has 1 saturated heterocycles. The van der Waals surface area contributed by atoms with Crippen LogP contribution >= 0.6 is 11.6 Å². The second kappa shape index (κ2) is 4.97. The van der Waals surface area contributed by atoms with Crippen molar-refractivity contribution in [1.29, 1.82) is 0 Å². The third kappa shape index (κ3) is 2.49. The van der Waals surface area contributed by atoms with Crippen molar-refractivity contribution >= 4 is 11.6 Å². The third-order valence-corrected chi connectivity index (χ3v) is 4.15. The zero-order valence-corrected chi connectivity index (χ0v) is 11.2. The van der Waals surface area contributed by atoms with E-state index in [-0.39, 0.29) is 18.1 Å². The molecule has 1 N–H and O–H groups in total. The first-order chi connectivity index (χ1) is 8.00. The summed E-state index contributed by atoms with van der Waals surface area (Å²) in [6, 6.07) is 7.40. The Bertz CT molecular complexity index is 376. The lowest BCUT2D eigenvalue weighted by molar-refractivity contribution is 0.0231. The topological polar surface area (TPSA) is 29.5 Å². The number of ether oxygens (including phenoxy) is 1. The predicted molar refractivity (Wildman–Crippen MR) is 69.1 cm³/mol. The average molecular weight is 255 g/mol. The summed E-state index contributed by atoms with van der Waals surface area (Å²) in [5.41, 5.74) is 0.913. The second-order valence-electron chi connectivity index (χ2n) is 4.98. The molecule has 0 bridgehead atoms. The Hall–Kier alpha value is -0.570. The SMILES string of the molecule is CC1OC(C)C(C(O)c2ccc(Cl)cc2)C1C. The summed E-state index contributed by atoms with van der Waals surface area (Å²) in [6.45, 7) is 6.23. The summed E-state index contributed by atoms with van der Waals surface area (Å²) in [7, 11) is 0. The maximum Gasteiger partial charge on any atom is 0.0846 e. The van der Waals surface area contributed by atoms with E-state index >= 15 is 0 Å². The molecule has 1 aliphatic rings. The van der Waals surface area contributed by atoms with Gasteiger partial charge in [0.1, 0.15) is 0 Å². The minimum Gasteiger partial charge on any atom is -0.388 e. The van der Waals surface area contributed by atoms with Gasteiger partial charge in [-0.3, -0.25) is 0 Å². The van der Waals surface area contributed by atoms with Crippen LogP contribution in [0.5, 0.6) is 0 Å². The first-order valence-electron chi connectivity index (χ1n) is 6.09. The van der Waals surface area contributed by atoms with Crippen molar-refractivity contribution in [3.05, 3.63) is 34.9 Å². The molecule has 0 aromatic heterocycles. The molecule has 0 saturated carbocycles. The highest BCUT2D eigenvalue weighted by atomic mass is 35.5. The molecule has 1 aromatic rings. The minimum atomic E-state index is -0.484. The van der Waals surface area contributed by atoms with E-state index in [1.54, 1.807) is 0 Å². The lowest BCUT2D eigenvalue weighted by Crippen LogP contribution is -2.24. The van der Waals surface area contributed by atoms with E-state index in [4.69, 9.17) is 16.3 Å². The van der Waals surface area contributed by atoms with Crippen molar-refractivity contribution in [2.75, 3.05) is 0 Å². The van der Waals surface area contributed by atoms with Crippen LogP contribution in [0.1, 0.15) is 32.4 Å². The van der Waals surface area contributed by atoms with Crippen LogP contribution < -0.4 is 0 Å². The molecule has 94 valence electrons. The molecule has 2 nitrogen and oxygen atoms in total. The molecule has 5 atom stereocenters. The van der Waals surface area contributed by atoms with Gasteiger partial charge >= 0.3 is 0 Å². The number of benzene rings is 1. The van der Waals surface area contributed by atoms with Gasteiger partial charge in [-0.15, -0.1) is 0 Å². The quantitative estimate of drug-likeness (QED) is 0.876. The molecule has 0 aliphatic carbocycles. The van der Waals surface area contributed by atoms with Crippen LogP contribution in [0.2, 0.25) is 5.02 Å². The Balaban J connectivity index is 2.19. The summed E-state index contributed by atoms with van der Waals surface area (Å²) in [5.74, 6) is 0.502. The molecule has 0 spiro atoms. The standard InChI is InChI=1S/C14H19ClO2/c1-8-9(2)17-10(3)13(8)14(16)11-4-6-12(15)7-5-11/h4-10,13-14,16H,1-3H3. The molecule has 2 rings (SSSR count). The van der Waals surface area contributed by atoms with E-state index in [0.717, 1.165) is 5.56 Å². The first-order valence-corrected chi connectivity index (χ1v) is 6.47. The van der Waals surface area contributed by atoms with E-state index in [0.29, 0.717) is 10.9 Å². The maximum atomic E-state index is 10.4. The fraction of sp³-hybridized carbons (Fsp3) is 0.571. The molecular weight excluding hydrogens is 236 g/mol. The molecule has 5 unspecified atom stereocenters. The summed E-state index contributed by atoms with van der Waals surface area (Å²) in [4.78, 5) is 0. The Morgan fingerprint density at radius 1 is 1.12 bits per heavy atom. The third-order valence-electron chi connectivity index (χ3n) is 3.90. The lowest BCUT2D eigenvalue weighted by atomic mass is 9.82. The van der Waals surface area contributed by atoms with E-state index < -0.39 is 6.10 Å². The van der Waals surface area contributed by atoms with Gasteiger partial charge in [0.2, 0.25) is 0 Å². The van der Waals surface area contributed by atoms with Crippen LogP contribution in [0.15, 0.2) is 24.3 Å². The zero-order valence-electron chi connectivity index (χ0n) is 10.4. The first kappa shape index (κ1) is 12.9. The van der Waals surface area contributed by atoms with Crippen LogP contribution in [-0.4, -0.2) is 17.3 Å². The van der Waals surface area contributed by atoms with Gasteiger partial charge in [-0.25, -0.2) is 0 Å². The number of aliphatic hydroxyl groups is 1. The predicted octanol–water partition coefficient (Wildman–Crippen LogP) is 3.43. The number of hydrogen-bond acceptors (Lipinski definition) is 2. The van der Waals surface area contributed by atoms with Gasteiger partial charge in [0.05, 0.1) is 18.3 Å². The molecule has 3 heteroatoms. The van der Waals surface area contributed by atoms with Crippen molar-refractivity contribution in [1.82, 2.24) is 0 Å². The highest BCUT2D eigenvalue weighted by Crippen LogP contribution is 2.40. The number of halogens is 1. The maximum absolute atomic E-state index is 10.4. The van der Waals surface area contributed by atoms with Crippen LogP contribution in [0.25, 0.3) is 0 Å². The van der Waals surface area contributed by atoms with Gasteiger partial charge in [0.15, 0.2) is 0 Å². The molecule has 1 fully saturated rings. The number of hydrogen-bond donors (Lipinski definition) is 1. The van der Waals surface area contributed by atoms with E-state index in [1.807, 2.05) is 31.2 Å². The van der Waals surface area contributed by atoms with Gasteiger partial charge in [-0.1, -0.05) is 30.7 Å². The highest BCUT2D eigenvalue weighted by molar-refractivity contribution is 6.30. The largest absolute Gasteiger partial charge is 0.388 e. The van der Waals surface area contributed by atoms with Gasteiger partial charge in [0, 0.05) is 10.9 Å². The summed E-state index contributed by atoms with van der Waals surface area (Å²) in [5, 5.41) is 11.1. The van der Waals surface area contributed by atoms with Crippen molar-refractivity contribution in [3.8, 4) is 0 Å². The Kier molecular flexibility index (Phi) is 3.76. The number of rotatable bonds is 2. The summed E-state index contributed by atoms with van der Waals surface area (Å²) in [6.07, 6.45) is -0.190. The fourth-order valence-corrected chi connectivity index (χ4v) is 2.85. The van der Waals surface area contributed by atoms with E-state index in [2.05, 4.69) is 13.8 Å². The molecule has 0 amide bonds. The van der Waals surface area contributed by atoms with Crippen molar-refractivity contribution in [3.63, 3.8) is 0 Å². The molecule has 17 heavy (non-hydrogen) atoms. The van der Waals surface area contributed by atoms with Crippen LogP contribution in [0.3, 0.4) is 0 Å². The lowest BCUT2D eigenvalue weighted by Gasteiger charge is -2.25. The second-order valence-corrected chi connectivity index (χ2v) is 5.42. The van der Waals surface area contributed by atoms with E-state index in [1.165, 1.54) is 0 Å². The number of aliphatic hydroxyl groups excluding tert-OH is 1. The summed E-state index contributed by atoms with van der Waals surface area (Å²) < 4.78 is 5.77. The van der Waals surface area contributed by atoms with Crippen LogP contribution in [-0.2, 0) is 4.74 Å². The minimum absolute atomic E-state index is 0.0886. The van der Waals surface area contributed by atoms with Crippen molar-refractivity contribution in [2.24, 2.45) is 11.8 Å². The molecule has 1 aromatic carbocycles. The smallest absolute Gasteiger partial charge is 0.0846 e. The Morgan fingerprint density at radius 3 is 2.18 bits per heavy atom. The van der Waals surface area contributed by atoms with Crippen LogP contribution in [0, 0.1) is 11.8 Å². The molecule has 1 heterocycles. The Labute approximate surface area is 108 Å². The zero-order chi connectivity index (χ0) is 12.6. The van der Waals surface area contributed by atoms with Crippen LogP contribution in [0.4, 0.5) is 0 Å². The van der Waals surface area contributed by atoms with E-state index in [9.17, 15) is 5.11 Å². The Morgan fingerprint density at radius 2 is 1.71 bits per heavy atom. The molecule has 0 radical (unpaired) electrons. The highest BCUT2D eigenvalue weighted by Gasteiger charge is 2.41. The normalized spacial score (nSPS) is 34.9. The molecular formula is C14H19ClO2. The molecule has 1 aliphatic heterocycles.